The second-order valence-electron chi connectivity index (χ2n) is 7.67. The van der Waals surface area contributed by atoms with E-state index in [1.165, 1.54) is 6.92 Å². The first-order valence-electron chi connectivity index (χ1n) is 10.8. The Kier molecular flexibility index (Phi) is 6.06. The summed E-state index contributed by atoms with van der Waals surface area (Å²) in [5.41, 5.74) is 5.57. The van der Waals surface area contributed by atoms with E-state index in [9.17, 15) is 4.79 Å². The van der Waals surface area contributed by atoms with Crippen molar-refractivity contribution in [3.05, 3.63) is 108 Å². The molecule has 0 saturated heterocycles. The number of carbonyl (C=O) groups is 1. The SMILES string of the molecule is COc1ccc(N2c3ccccc3Sc3cc(C(=NOC(C)=O)c4ccccc4)ccc32)cc1. The molecule has 1 aliphatic heterocycles. The molecule has 5 nitrogen and oxygen atoms in total. The molecule has 1 aliphatic rings. The number of carbonyl (C=O) groups excluding carboxylic acids is 1. The van der Waals surface area contributed by atoms with Gasteiger partial charge >= 0.3 is 5.97 Å². The van der Waals surface area contributed by atoms with E-state index in [4.69, 9.17) is 9.57 Å². The van der Waals surface area contributed by atoms with Gasteiger partial charge in [0.2, 0.25) is 0 Å². The van der Waals surface area contributed by atoms with Gasteiger partial charge in [0.1, 0.15) is 11.5 Å². The van der Waals surface area contributed by atoms with Crippen molar-refractivity contribution in [2.24, 2.45) is 5.16 Å². The fourth-order valence-electron chi connectivity index (χ4n) is 3.89. The molecular weight excluding hydrogens is 444 g/mol. The van der Waals surface area contributed by atoms with E-state index >= 15 is 0 Å². The first-order chi connectivity index (χ1) is 16.6. The van der Waals surface area contributed by atoms with Crippen molar-refractivity contribution in [1.82, 2.24) is 0 Å². The quantitative estimate of drug-likeness (QED) is 0.159. The fraction of sp³-hybridized carbons (Fsp3) is 0.0714. The van der Waals surface area contributed by atoms with Gasteiger partial charge < -0.3 is 14.5 Å². The highest BCUT2D eigenvalue weighted by Gasteiger charge is 2.25. The number of oxime groups is 1. The second-order valence-corrected chi connectivity index (χ2v) is 8.76. The summed E-state index contributed by atoms with van der Waals surface area (Å²) in [5.74, 6) is 0.355. The van der Waals surface area contributed by atoms with Gasteiger partial charge in [0.05, 0.1) is 18.5 Å². The van der Waals surface area contributed by atoms with Gasteiger partial charge in [-0.25, -0.2) is 4.79 Å². The van der Waals surface area contributed by atoms with E-state index in [1.54, 1.807) is 18.9 Å². The Morgan fingerprint density at radius 1 is 0.794 bits per heavy atom. The van der Waals surface area contributed by atoms with Crippen molar-refractivity contribution in [2.45, 2.75) is 16.7 Å². The number of ether oxygens (including phenoxy) is 1. The molecule has 0 amide bonds. The van der Waals surface area contributed by atoms with Crippen molar-refractivity contribution < 1.29 is 14.4 Å². The van der Waals surface area contributed by atoms with E-state index in [2.05, 4.69) is 52.5 Å². The molecule has 5 rings (SSSR count). The number of anilines is 3. The summed E-state index contributed by atoms with van der Waals surface area (Å²) in [6.45, 7) is 1.35. The third kappa shape index (κ3) is 4.28. The molecule has 0 saturated carbocycles. The summed E-state index contributed by atoms with van der Waals surface area (Å²) in [5, 5.41) is 4.18. The maximum absolute atomic E-state index is 11.5. The average Bonchev–Trinajstić information content (AvgIpc) is 2.88. The van der Waals surface area contributed by atoms with Crippen LogP contribution in [-0.4, -0.2) is 18.8 Å². The molecule has 0 unspecified atom stereocenters. The number of para-hydroxylation sites is 1. The number of hydrogen-bond donors (Lipinski definition) is 0. The lowest BCUT2D eigenvalue weighted by molar-refractivity contribution is -0.140. The Morgan fingerprint density at radius 2 is 1.50 bits per heavy atom. The third-order valence-electron chi connectivity index (χ3n) is 5.44. The standard InChI is InChI=1S/C28H22N2O3S/c1-19(31)33-29-28(20-8-4-3-5-9-20)21-12-17-25-27(18-21)34-26-11-7-6-10-24(26)30(25)22-13-15-23(32-2)16-14-22/h3-18H,1-2H3. The molecule has 1 heterocycles. The molecule has 0 radical (unpaired) electrons. The number of fused-ring (bicyclic) bond motifs is 2. The van der Waals surface area contributed by atoms with Crippen LogP contribution in [0.5, 0.6) is 5.75 Å². The van der Waals surface area contributed by atoms with Crippen LogP contribution in [0.4, 0.5) is 17.1 Å². The van der Waals surface area contributed by atoms with E-state index < -0.39 is 5.97 Å². The van der Waals surface area contributed by atoms with Crippen LogP contribution in [0.15, 0.2) is 112 Å². The first-order valence-corrected chi connectivity index (χ1v) is 11.6. The van der Waals surface area contributed by atoms with Crippen molar-refractivity contribution in [3.8, 4) is 5.75 Å². The van der Waals surface area contributed by atoms with Crippen LogP contribution in [0, 0.1) is 0 Å². The zero-order valence-electron chi connectivity index (χ0n) is 18.8. The molecule has 0 aliphatic carbocycles. The molecular formula is C28H22N2O3S. The predicted octanol–water partition coefficient (Wildman–Crippen LogP) is 6.95. The minimum Gasteiger partial charge on any atom is -0.497 e. The van der Waals surface area contributed by atoms with Gasteiger partial charge in [0.15, 0.2) is 0 Å². The van der Waals surface area contributed by atoms with Crippen molar-refractivity contribution in [2.75, 3.05) is 12.0 Å². The molecule has 168 valence electrons. The summed E-state index contributed by atoms with van der Waals surface area (Å²) in [4.78, 5) is 21.0. The lowest BCUT2D eigenvalue weighted by atomic mass is 10.0. The Labute approximate surface area is 202 Å². The molecule has 6 heteroatoms. The summed E-state index contributed by atoms with van der Waals surface area (Å²) < 4.78 is 5.35. The molecule has 0 spiro atoms. The van der Waals surface area contributed by atoms with Crippen LogP contribution >= 0.6 is 11.8 Å². The highest BCUT2D eigenvalue weighted by molar-refractivity contribution is 7.99. The lowest BCUT2D eigenvalue weighted by Crippen LogP contribution is -2.15. The minimum atomic E-state index is -0.458. The number of hydrogen-bond acceptors (Lipinski definition) is 6. The number of nitrogens with zero attached hydrogens (tertiary/aromatic N) is 2. The van der Waals surface area contributed by atoms with Gasteiger partial charge in [-0.1, -0.05) is 65.4 Å². The zero-order valence-corrected chi connectivity index (χ0v) is 19.6. The lowest BCUT2D eigenvalue weighted by Gasteiger charge is -2.33. The molecule has 4 aromatic rings. The van der Waals surface area contributed by atoms with Crippen LogP contribution < -0.4 is 9.64 Å². The molecule has 0 aromatic heterocycles. The Balaban J connectivity index is 1.62. The molecule has 0 N–H and O–H groups in total. The second kappa shape index (κ2) is 9.45. The van der Waals surface area contributed by atoms with Gasteiger partial charge in [-0.05, 0) is 48.5 Å². The van der Waals surface area contributed by atoms with Crippen LogP contribution in [0.2, 0.25) is 0 Å². The zero-order chi connectivity index (χ0) is 23.5. The van der Waals surface area contributed by atoms with Gasteiger partial charge in [-0.3, -0.25) is 0 Å². The van der Waals surface area contributed by atoms with E-state index in [1.807, 2.05) is 54.6 Å². The smallest absolute Gasteiger partial charge is 0.332 e. The fourth-order valence-corrected chi connectivity index (χ4v) is 4.99. The molecule has 4 aromatic carbocycles. The van der Waals surface area contributed by atoms with Crippen LogP contribution in [0.3, 0.4) is 0 Å². The number of benzene rings is 4. The Hall–Kier alpha value is -4.03. The maximum atomic E-state index is 11.5. The summed E-state index contributed by atoms with van der Waals surface area (Å²) in [6, 6.07) is 32.3. The monoisotopic (exact) mass is 466 g/mol. The van der Waals surface area contributed by atoms with Crippen molar-refractivity contribution >= 4 is 40.5 Å². The maximum Gasteiger partial charge on any atom is 0.332 e. The van der Waals surface area contributed by atoms with Crippen molar-refractivity contribution in [1.29, 1.82) is 0 Å². The highest BCUT2D eigenvalue weighted by Crippen LogP contribution is 2.51. The normalized spacial score (nSPS) is 12.5. The molecule has 34 heavy (non-hydrogen) atoms. The highest BCUT2D eigenvalue weighted by atomic mass is 32.2. The molecule has 0 fully saturated rings. The van der Waals surface area contributed by atoms with Crippen molar-refractivity contribution in [3.63, 3.8) is 0 Å². The minimum absolute atomic E-state index is 0.458. The summed E-state index contributed by atoms with van der Waals surface area (Å²) in [7, 11) is 1.67. The average molecular weight is 467 g/mol. The van der Waals surface area contributed by atoms with Gasteiger partial charge in [0, 0.05) is 33.5 Å². The number of methoxy groups -OCH3 is 1. The van der Waals surface area contributed by atoms with E-state index in [0.29, 0.717) is 5.71 Å². The van der Waals surface area contributed by atoms with Gasteiger partial charge in [-0.15, -0.1) is 0 Å². The Morgan fingerprint density at radius 3 is 2.24 bits per heavy atom. The summed E-state index contributed by atoms with van der Waals surface area (Å²) >= 11 is 1.71. The largest absolute Gasteiger partial charge is 0.497 e. The molecule has 0 atom stereocenters. The van der Waals surface area contributed by atoms with Gasteiger partial charge in [0.25, 0.3) is 0 Å². The summed E-state index contributed by atoms with van der Waals surface area (Å²) in [6.07, 6.45) is 0. The van der Waals surface area contributed by atoms with E-state index in [0.717, 1.165) is 43.7 Å². The predicted molar refractivity (Wildman–Crippen MR) is 136 cm³/mol. The van der Waals surface area contributed by atoms with Crippen LogP contribution in [0.1, 0.15) is 18.1 Å². The Bertz CT molecular complexity index is 1370. The van der Waals surface area contributed by atoms with E-state index in [-0.39, 0.29) is 0 Å². The van der Waals surface area contributed by atoms with Gasteiger partial charge in [-0.2, -0.15) is 0 Å². The third-order valence-corrected chi connectivity index (χ3v) is 6.56. The first kappa shape index (κ1) is 21.8. The number of rotatable bonds is 5. The van der Waals surface area contributed by atoms with Crippen LogP contribution in [0.25, 0.3) is 0 Å². The van der Waals surface area contributed by atoms with Crippen LogP contribution in [-0.2, 0) is 9.63 Å². The molecule has 0 bridgehead atoms. The topological polar surface area (TPSA) is 51.1 Å².